The molecule has 0 aliphatic carbocycles. The van der Waals surface area contributed by atoms with Crippen LogP contribution in [0.1, 0.15) is 11.5 Å². The molecule has 0 atom stereocenters. The number of halogens is 1. The molecule has 0 aliphatic heterocycles. The van der Waals surface area contributed by atoms with Gasteiger partial charge in [0, 0.05) is 19.5 Å². The first-order valence-corrected chi connectivity index (χ1v) is 7.11. The summed E-state index contributed by atoms with van der Waals surface area (Å²) >= 11 is 0. The Bertz CT molecular complexity index is 845. The number of ether oxygens (including phenoxy) is 1. The van der Waals surface area contributed by atoms with Gasteiger partial charge in [-0.25, -0.2) is 9.37 Å². The average molecular weight is 314 g/mol. The molecule has 0 bridgehead atoms. The largest absolute Gasteiger partial charge is 0.484 e. The van der Waals surface area contributed by atoms with Crippen molar-refractivity contribution in [3.8, 4) is 5.75 Å². The van der Waals surface area contributed by atoms with Gasteiger partial charge >= 0.3 is 0 Å². The molecule has 0 radical (unpaired) electrons. The second-order valence-electron chi connectivity index (χ2n) is 5.06. The van der Waals surface area contributed by atoms with E-state index in [1.54, 1.807) is 13.0 Å². The van der Waals surface area contributed by atoms with E-state index in [0.29, 0.717) is 23.8 Å². The maximum atomic E-state index is 13.0. The van der Waals surface area contributed by atoms with Crippen LogP contribution in [0, 0.1) is 12.7 Å². The van der Waals surface area contributed by atoms with Crippen LogP contribution in [0.15, 0.2) is 46.9 Å². The van der Waals surface area contributed by atoms with Crippen molar-refractivity contribution in [3.63, 3.8) is 0 Å². The molecule has 0 saturated heterocycles. The summed E-state index contributed by atoms with van der Waals surface area (Å²) in [6.07, 6.45) is 0. The Morgan fingerprint density at radius 2 is 2.17 bits per heavy atom. The molecule has 1 amide bonds. The number of hydrogen-bond donors (Lipinski definition) is 1. The van der Waals surface area contributed by atoms with Crippen LogP contribution in [0.2, 0.25) is 0 Å². The Labute approximate surface area is 132 Å². The SMILES string of the molecule is Cc1nc2ccc(CNC(=O)COc3cccc(F)c3)cc2o1. The highest BCUT2D eigenvalue weighted by Gasteiger charge is 2.06. The molecule has 6 heteroatoms. The number of benzene rings is 2. The Hall–Kier alpha value is -2.89. The lowest BCUT2D eigenvalue weighted by Crippen LogP contribution is -2.28. The van der Waals surface area contributed by atoms with Gasteiger partial charge in [0.05, 0.1) is 0 Å². The van der Waals surface area contributed by atoms with Crippen LogP contribution >= 0.6 is 0 Å². The zero-order chi connectivity index (χ0) is 16.2. The van der Waals surface area contributed by atoms with Gasteiger partial charge in [-0.1, -0.05) is 12.1 Å². The van der Waals surface area contributed by atoms with Crippen molar-refractivity contribution in [2.24, 2.45) is 0 Å². The maximum absolute atomic E-state index is 13.0. The molecule has 0 unspecified atom stereocenters. The summed E-state index contributed by atoms with van der Waals surface area (Å²) in [4.78, 5) is 16.0. The fraction of sp³-hybridized carbons (Fsp3) is 0.176. The number of aromatic nitrogens is 1. The van der Waals surface area contributed by atoms with Gasteiger partial charge in [0.15, 0.2) is 18.1 Å². The first-order chi connectivity index (χ1) is 11.1. The summed E-state index contributed by atoms with van der Waals surface area (Å²) in [5.74, 6) is 0.227. The smallest absolute Gasteiger partial charge is 0.258 e. The summed E-state index contributed by atoms with van der Waals surface area (Å²) in [6.45, 7) is 1.96. The van der Waals surface area contributed by atoms with Crippen LogP contribution in [0.5, 0.6) is 5.75 Å². The third-order valence-corrected chi connectivity index (χ3v) is 3.22. The van der Waals surface area contributed by atoms with Crippen molar-refractivity contribution < 1.29 is 18.3 Å². The minimum Gasteiger partial charge on any atom is -0.484 e. The Kier molecular flexibility index (Phi) is 4.23. The van der Waals surface area contributed by atoms with Crippen molar-refractivity contribution in [2.75, 3.05) is 6.61 Å². The Balaban J connectivity index is 1.53. The number of oxazole rings is 1. The lowest BCUT2D eigenvalue weighted by atomic mass is 10.2. The number of aryl methyl sites for hydroxylation is 1. The molecule has 0 saturated carbocycles. The first-order valence-electron chi connectivity index (χ1n) is 7.11. The van der Waals surface area contributed by atoms with Crippen LogP contribution in [0.25, 0.3) is 11.1 Å². The van der Waals surface area contributed by atoms with Gasteiger partial charge in [0.1, 0.15) is 17.1 Å². The number of nitrogens with one attached hydrogen (secondary N) is 1. The highest BCUT2D eigenvalue weighted by molar-refractivity contribution is 5.78. The fourth-order valence-corrected chi connectivity index (χ4v) is 2.15. The highest BCUT2D eigenvalue weighted by Crippen LogP contribution is 2.16. The fourth-order valence-electron chi connectivity index (χ4n) is 2.15. The molecular weight excluding hydrogens is 299 g/mol. The predicted molar refractivity (Wildman–Crippen MR) is 82.5 cm³/mol. The van der Waals surface area contributed by atoms with Gasteiger partial charge in [-0.3, -0.25) is 4.79 Å². The number of fused-ring (bicyclic) bond motifs is 1. The van der Waals surface area contributed by atoms with Crippen molar-refractivity contribution in [2.45, 2.75) is 13.5 Å². The van der Waals surface area contributed by atoms with E-state index in [-0.39, 0.29) is 12.5 Å². The number of carbonyl (C=O) groups excluding carboxylic acids is 1. The molecule has 0 aliphatic rings. The third-order valence-electron chi connectivity index (χ3n) is 3.22. The van der Waals surface area contributed by atoms with E-state index in [1.165, 1.54) is 18.2 Å². The van der Waals surface area contributed by atoms with Gasteiger partial charge in [0.2, 0.25) is 0 Å². The molecule has 2 aromatic carbocycles. The maximum Gasteiger partial charge on any atom is 0.258 e. The van der Waals surface area contributed by atoms with Crippen molar-refractivity contribution in [3.05, 3.63) is 59.7 Å². The number of amides is 1. The summed E-state index contributed by atoms with van der Waals surface area (Å²) in [6, 6.07) is 11.2. The standard InChI is InChI=1S/C17H15FN2O3/c1-11-20-15-6-5-12(7-16(15)23-11)9-19-17(21)10-22-14-4-2-3-13(18)8-14/h2-8H,9-10H2,1H3,(H,19,21). The summed E-state index contributed by atoms with van der Waals surface area (Å²) < 4.78 is 23.7. The lowest BCUT2D eigenvalue weighted by Gasteiger charge is -2.07. The lowest BCUT2D eigenvalue weighted by molar-refractivity contribution is -0.123. The summed E-state index contributed by atoms with van der Waals surface area (Å²) in [5.41, 5.74) is 2.37. The zero-order valence-electron chi connectivity index (χ0n) is 12.5. The van der Waals surface area contributed by atoms with E-state index >= 15 is 0 Å². The van der Waals surface area contributed by atoms with E-state index in [1.807, 2.05) is 18.2 Å². The van der Waals surface area contributed by atoms with Crippen LogP contribution in [-0.2, 0) is 11.3 Å². The molecular formula is C17H15FN2O3. The van der Waals surface area contributed by atoms with Crippen LogP contribution < -0.4 is 10.1 Å². The van der Waals surface area contributed by atoms with Gasteiger partial charge in [-0.05, 0) is 29.8 Å². The second-order valence-corrected chi connectivity index (χ2v) is 5.06. The van der Waals surface area contributed by atoms with Crippen molar-refractivity contribution >= 4 is 17.0 Å². The van der Waals surface area contributed by atoms with E-state index < -0.39 is 5.82 Å². The number of hydrogen-bond acceptors (Lipinski definition) is 4. The Morgan fingerprint density at radius 3 is 3.00 bits per heavy atom. The summed E-state index contributed by atoms with van der Waals surface area (Å²) in [5, 5.41) is 2.74. The predicted octanol–water partition coefficient (Wildman–Crippen LogP) is 2.97. The van der Waals surface area contributed by atoms with E-state index in [2.05, 4.69) is 10.3 Å². The van der Waals surface area contributed by atoms with Crippen molar-refractivity contribution in [1.82, 2.24) is 10.3 Å². The Morgan fingerprint density at radius 1 is 1.30 bits per heavy atom. The average Bonchev–Trinajstić information content (AvgIpc) is 2.90. The molecule has 118 valence electrons. The highest BCUT2D eigenvalue weighted by atomic mass is 19.1. The third kappa shape index (κ3) is 3.85. The molecule has 3 aromatic rings. The molecule has 23 heavy (non-hydrogen) atoms. The molecule has 0 fully saturated rings. The van der Waals surface area contributed by atoms with Crippen LogP contribution in [-0.4, -0.2) is 17.5 Å². The topological polar surface area (TPSA) is 64.4 Å². The van der Waals surface area contributed by atoms with E-state index in [0.717, 1.165) is 11.1 Å². The molecule has 0 spiro atoms. The van der Waals surface area contributed by atoms with Gasteiger partial charge in [0.25, 0.3) is 5.91 Å². The van der Waals surface area contributed by atoms with Crippen LogP contribution in [0.3, 0.4) is 0 Å². The minimum absolute atomic E-state index is 0.173. The zero-order valence-corrected chi connectivity index (χ0v) is 12.5. The van der Waals surface area contributed by atoms with Crippen LogP contribution in [0.4, 0.5) is 4.39 Å². The first kappa shape index (κ1) is 15.0. The quantitative estimate of drug-likeness (QED) is 0.786. The minimum atomic E-state index is -0.404. The van der Waals surface area contributed by atoms with Crippen molar-refractivity contribution in [1.29, 1.82) is 0 Å². The second kappa shape index (κ2) is 6.48. The number of rotatable bonds is 5. The molecule has 1 heterocycles. The normalized spacial score (nSPS) is 10.7. The molecule has 1 aromatic heterocycles. The van der Waals surface area contributed by atoms with Gasteiger partial charge in [-0.15, -0.1) is 0 Å². The molecule has 5 nitrogen and oxygen atoms in total. The molecule has 1 N–H and O–H groups in total. The van der Waals surface area contributed by atoms with Gasteiger partial charge in [-0.2, -0.15) is 0 Å². The summed E-state index contributed by atoms with van der Waals surface area (Å²) in [7, 11) is 0. The molecule has 3 rings (SSSR count). The number of nitrogens with zero attached hydrogens (tertiary/aromatic N) is 1. The number of carbonyl (C=O) groups is 1. The monoisotopic (exact) mass is 314 g/mol. The van der Waals surface area contributed by atoms with Gasteiger partial charge < -0.3 is 14.5 Å². The van der Waals surface area contributed by atoms with E-state index in [9.17, 15) is 9.18 Å². The van der Waals surface area contributed by atoms with E-state index in [4.69, 9.17) is 9.15 Å².